The van der Waals surface area contributed by atoms with Crippen LogP contribution < -0.4 is 0 Å². The molecule has 0 aliphatic heterocycles. The number of hydrogen-bond donors (Lipinski definition) is 1. The highest BCUT2D eigenvalue weighted by Gasteiger charge is 2.32. The number of carboxylic acids is 1. The fraction of sp³-hybridized carbons (Fsp3) is 0.700. The number of aliphatic carboxylic acids is 1. The van der Waals surface area contributed by atoms with Crippen molar-refractivity contribution in [3.05, 3.63) is 6.33 Å². The minimum atomic E-state index is -0.842. The van der Waals surface area contributed by atoms with Gasteiger partial charge in [-0.1, -0.05) is 11.8 Å². The SMILES string of the molecule is CCOC1CC(n2cnnc2SCC(=O)O)C1. The summed E-state index contributed by atoms with van der Waals surface area (Å²) in [6.45, 7) is 2.72. The summed E-state index contributed by atoms with van der Waals surface area (Å²) in [6.07, 6.45) is 3.89. The standard InChI is InChI=1S/C10H15N3O3S/c1-2-16-8-3-7(4-8)13-6-11-12-10(13)17-5-9(14)15/h6-8H,2-5H2,1H3,(H,14,15). The Bertz CT molecular complexity index is 390. The summed E-state index contributed by atoms with van der Waals surface area (Å²) in [6, 6.07) is 0.345. The van der Waals surface area contributed by atoms with E-state index in [1.54, 1.807) is 6.33 Å². The molecule has 0 aromatic carbocycles. The van der Waals surface area contributed by atoms with Gasteiger partial charge < -0.3 is 14.4 Å². The number of thioether (sulfide) groups is 1. The largest absolute Gasteiger partial charge is 0.481 e. The minimum absolute atomic E-state index is 0.0142. The zero-order valence-corrected chi connectivity index (χ0v) is 10.4. The van der Waals surface area contributed by atoms with Gasteiger partial charge in [0.15, 0.2) is 5.16 Å². The third-order valence-corrected chi connectivity index (χ3v) is 3.67. The molecule has 1 fully saturated rings. The second-order valence-electron chi connectivity index (χ2n) is 3.91. The average Bonchev–Trinajstić information content (AvgIpc) is 2.67. The van der Waals surface area contributed by atoms with Crippen LogP contribution in [0.5, 0.6) is 0 Å². The Morgan fingerprint density at radius 3 is 3.12 bits per heavy atom. The molecule has 2 rings (SSSR count). The Kier molecular flexibility index (Phi) is 4.01. The van der Waals surface area contributed by atoms with Crippen molar-refractivity contribution < 1.29 is 14.6 Å². The molecule has 0 amide bonds. The van der Waals surface area contributed by atoms with Crippen molar-refractivity contribution in [1.82, 2.24) is 14.8 Å². The van der Waals surface area contributed by atoms with E-state index in [2.05, 4.69) is 10.2 Å². The van der Waals surface area contributed by atoms with Crippen LogP contribution in [0.25, 0.3) is 0 Å². The van der Waals surface area contributed by atoms with E-state index in [0.717, 1.165) is 19.4 Å². The molecule has 1 aliphatic carbocycles. The molecule has 1 saturated carbocycles. The highest BCUT2D eigenvalue weighted by atomic mass is 32.2. The van der Waals surface area contributed by atoms with Crippen molar-refractivity contribution in [2.75, 3.05) is 12.4 Å². The van der Waals surface area contributed by atoms with Crippen molar-refractivity contribution in [2.24, 2.45) is 0 Å². The van der Waals surface area contributed by atoms with Crippen LogP contribution in [0.3, 0.4) is 0 Å². The smallest absolute Gasteiger partial charge is 0.313 e. The van der Waals surface area contributed by atoms with Gasteiger partial charge in [-0.25, -0.2) is 0 Å². The molecular weight excluding hydrogens is 242 g/mol. The third kappa shape index (κ3) is 2.98. The van der Waals surface area contributed by atoms with Gasteiger partial charge in [0, 0.05) is 12.6 Å². The van der Waals surface area contributed by atoms with Gasteiger partial charge in [0.25, 0.3) is 0 Å². The lowest BCUT2D eigenvalue weighted by Crippen LogP contribution is -2.33. The van der Waals surface area contributed by atoms with E-state index in [9.17, 15) is 4.79 Å². The average molecular weight is 257 g/mol. The fourth-order valence-corrected chi connectivity index (χ4v) is 2.55. The minimum Gasteiger partial charge on any atom is -0.481 e. The first-order valence-corrected chi connectivity index (χ1v) is 6.55. The van der Waals surface area contributed by atoms with E-state index in [0.29, 0.717) is 17.3 Å². The second kappa shape index (κ2) is 5.50. The maximum absolute atomic E-state index is 10.5. The van der Waals surface area contributed by atoms with Crippen molar-refractivity contribution >= 4 is 17.7 Å². The molecule has 1 aromatic heterocycles. The zero-order chi connectivity index (χ0) is 12.3. The van der Waals surface area contributed by atoms with Gasteiger partial charge in [-0.15, -0.1) is 10.2 Å². The lowest BCUT2D eigenvalue weighted by atomic mass is 9.89. The van der Waals surface area contributed by atoms with Crippen LogP contribution in [0, 0.1) is 0 Å². The predicted octanol–water partition coefficient (Wildman–Crippen LogP) is 1.19. The molecule has 7 heteroatoms. The van der Waals surface area contributed by atoms with Gasteiger partial charge in [-0.05, 0) is 19.8 Å². The summed E-state index contributed by atoms with van der Waals surface area (Å²) in [5.41, 5.74) is 0. The van der Waals surface area contributed by atoms with E-state index in [-0.39, 0.29) is 5.75 Å². The Hall–Kier alpha value is -1.08. The third-order valence-electron chi connectivity index (χ3n) is 2.73. The van der Waals surface area contributed by atoms with Crippen molar-refractivity contribution in [2.45, 2.75) is 37.1 Å². The molecule has 6 nitrogen and oxygen atoms in total. The summed E-state index contributed by atoms with van der Waals surface area (Å²) in [7, 11) is 0. The van der Waals surface area contributed by atoms with E-state index in [1.165, 1.54) is 11.8 Å². The van der Waals surface area contributed by atoms with Gasteiger partial charge >= 0.3 is 5.97 Å². The maximum Gasteiger partial charge on any atom is 0.313 e. The molecule has 0 unspecified atom stereocenters. The first-order valence-electron chi connectivity index (χ1n) is 5.56. The number of carboxylic acid groups (broad SMARTS) is 1. The molecular formula is C10H15N3O3S. The molecule has 1 aromatic rings. The number of hydrogen-bond acceptors (Lipinski definition) is 5. The Balaban J connectivity index is 1.89. The lowest BCUT2D eigenvalue weighted by Gasteiger charge is -2.35. The van der Waals surface area contributed by atoms with Crippen LogP contribution in [-0.2, 0) is 9.53 Å². The summed E-state index contributed by atoms with van der Waals surface area (Å²) in [5.74, 6) is -0.828. The van der Waals surface area contributed by atoms with Crippen LogP contribution in [0.2, 0.25) is 0 Å². The Morgan fingerprint density at radius 2 is 2.47 bits per heavy atom. The highest BCUT2D eigenvalue weighted by Crippen LogP contribution is 2.36. The van der Waals surface area contributed by atoms with E-state index in [4.69, 9.17) is 9.84 Å². The monoisotopic (exact) mass is 257 g/mol. The molecule has 0 radical (unpaired) electrons. The molecule has 94 valence electrons. The number of nitrogens with zero attached hydrogens (tertiary/aromatic N) is 3. The molecule has 0 saturated heterocycles. The van der Waals surface area contributed by atoms with Crippen LogP contribution in [0.15, 0.2) is 11.5 Å². The van der Waals surface area contributed by atoms with Crippen molar-refractivity contribution in [3.63, 3.8) is 0 Å². The number of ether oxygens (including phenoxy) is 1. The molecule has 1 heterocycles. The normalized spacial score (nSPS) is 23.4. The Labute approximate surface area is 103 Å². The summed E-state index contributed by atoms with van der Waals surface area (Å²) in [5, 5.41) is 17.1. The summed E-state index contributed by atoms with van der Waals surface area (Å²) >= 11 is 1.20. The quantitative estimate of drug-likeness (QED) is 0.771. The molecule has 1 N–H and O–H groups in total. The van der Waals surface area contributed by atoms with Gasteiger partial charge in [0.1, 0.15) is 6.33 Å². The predicted molar refractivity (Wildman–Crippen MR) is 62.1 cm³/mol. The second-order valence-corrected chi connectivity index (χ2v) is 4.85. The van der Waals surface area contributed by atoms with E-state index < -0.39 is 5.97 Å². The number of aromatic nitrogens is 3. The first-order chi connectivity index (χ1) is 8.20. The molecule has 0 spiro atoms. The van der Waals surface area contributed by atoms with Gasteiger partial charge in [0.2, 0.25) is 0 Å². The highest BCUT2D eigenvalue weighted by molar-refractivity contribution is 7.99. The fourth-order valence-electron chi connectivity index (χ4n) is 1.85. The van der Waals surface area contributed by atoms with E-state index >= 15 is 0 Å². The topological polar surface area (TPSA) is 77.2 Å². The summed E-state index contributed by atoms with van der Waals surface area (Å²) < 4.78 is 7.44. The number of carbonyl (C=O) groups is 1. The first kappa shape index (κ1) is 12.4. The molecule has 0 atom stereocenters. The molecule has 17 heavy (non-hydrogen) atoms. The van der Waals surface area contributed by atoms with Gasteiger partial charge in [-0.3, -0.25) is 4.79 Å². The van der Waals surface area contributed by atoms with Crippen LogP contribution in [0.1, 0.15) is 25.8 Å². The Morgan fingerprint density at radius 1 is 1.71 bits per heavy atom. The lowest BCUT2D eigenvalue weighted by molar-refractivity contribution is -0.133. The van der Waals surface area contributed by atoms with Crippen molar-refractivity contribution in [3.8, 4) is 0 Å². The van der Waals surface area contributed by atoms with Crippen molar-refractivity contribution in [1.29, 1.82) is 0 Å². The molecule has 0 bridgehead atoms. The van der Waals surface area contributed by atoms with Crippen LogP contribution >= 0.6 is 11.8 Å². The summed E-state index contributed by atoms with van der Waals surface area (Å²) in [4.78, 5) is 10.5. The zero-order valence-electron chi connectivity index (χ0n) is 9.57. The van der Waals surface area contributed by atoms with Crippen LogP contribution in [-0.4, -0.2) is 44.3 Å². The number of rotatable bonds is 6. The maximum atomic E-state index is 10.5. The van der Waals surface area contributed by atoms with Gasteiger partial charge in [0.05, 0.1) is 11.9 Å². The molecule has 1 aliphatic rings. The van der Waals surface area contributed by atoms with E-state index in [1.807, 2.05) is 11.5 Å². The van der Waals surface area contributed by atoms with Crippen LogP contribution in [0.4, 0.5) is 0 Å². The van der Waals surface area contributed by atoms with Gasteiger partial charge in [-0.2, -0.15) is 0 Å².